The lowest BCUT2D eigenvalue weighted by molar-refractivity contribution is -0.272. The number of amides is 4. The van der Waals surface area contributed by atoms with E-state index in [2.05, 4.69) is 67.4 Å². The molecule has 1 unspecified atom stereocenters. The van der Waals surface area contributed by atoms with Crippen LogP contribution in [-0.4, -0.2) is 401 Å². The van der Waals surface area contributed by atoms with Gasteiger partial charge in [-0.15, -0.1) is 20.4 Å². The van der Waals surface area contributed by atoms with Gasteiger partial charge in [-0.05, 0) is 26.3 Å². The van der Waals surface area contributed by atoms with Crippen LogP contribution >= 0.6 is 0 Å². The zero-order chi connectivity index (χ0) is 82.4. The van der Waals surface area contributed by atoms with E-state index in [0.29, 0.717) is 61.7 Å². The van der Waals surface area contributed by atoms with Gasteiger partial charge in [0.25, 0.3) is 0 Å². The standard InChI is InChI=1S/C67H112N18O29/c1-38(90)47(81(28-45-32-84(78-74-45)12-16-105-20-24-109-66-54(70-41(4)93)62(101)58(97)50(36-88)113-66)29-46-33-85(79-75-46)13-17-106-21-25-110-67-55(71-42(5)94)63(102)59(98)51(37-89)114-67)8-6-7-9-80(26-43-30-82(76-72-43)10-14-103-18-22-107-64-52(68-39(2)91)60(99)56(95)48(34-86)111-64)27-44-31-83(77-73-44)11-15-104-19-23-108-65-53(69-40(3)92)61(100)57(96)49(35-87)112-65/h30-33,47-67,86-89,95-102H,6-29,34-37H2,1-5H3,(H,68,91)(H,69,92)(H,70,93)(H,71,94)/t47?,48-,49-,50-,51-,52-,53-,54-,55-,56+,57+,58+,59+,60-,61-,62-,63-,64-,65-,66-,67-/m1/s1. The molecule has 0 spiro atoms. The number of Topliss-reactive ketones (excluding diaryl/α,β-unsaturated/α-hetero) is 1. The van der Waals surface area contributed by atoms with E-state index >= 15 is 0 Å². The molecule has 0 aliphatic carbocycles. The molecule has 0 bridgehead atoms. The number of aliphatic hydroxyl groups is 12. The number of hydrogen-bond donors (Lipinski definition) is 16. The molecule has 4 aromatic heterocycles. The Morgan fingerprint density at radius 3 is 0.895 bits per heavy atom. The predicted molar refractivity (Wildman–Crippen MR) is 380 cm³/mol. The number of ketones is 1. The van der Waals surface area contributed by atoms with Crippen molar-refractivity contribution in [1.29, 1.82) is 0 Å². The average molecular weight is 1630 g/mol. The van der Waals surface area contributed by atoms with Crippen molar-refractivity contribution in [2.45, 2.75) is 235 Å². The SMILES string of the molecule is CC(=O)N[C@H]1[C@H](OCCOCCn2cc(CN(CCCCC(C(C)=O)N(Cc3cn(CCOCCO[C@@H]4O[C@H](CO)[C@H](O)[C@H](O)[C@H]4NC(C)=O)nn3)Cc3cn(CCOCCO[C@@H]4O[C@H](CO)[C@H](O)[C@H](O)[C@H]4NC(C)=O)nn3)Cc3cn(CCOCCO[C@@H]4O[C@H](CO)[C@H](O)[C@H](O)[C@H]4NC(C)=O)nn3)nn2)O[C@H](CO)[C@H](O)[C@@H]1O. The second kappa shape index (κ2) is 47.5. The number of rotatable bonds is 51. The summed E-state index contributed by atoms with van der Waals surface area (Å²) in [6.07, 6.45) is -12.8. The number of nitrogens with zero attached hydrogens (tertiary/aromatic N) is 14. The van der Waals surface area contributed by atoms with Crippen LogP contribution < -0.4 is 21.3 Å². The van der Waals surface area contributed by atoms with Crippen LogP contribution in [0.5, 0.6) is 0 Å². The Bertz CT molecular complexity index is 3290. The highest BCUT2D eigenvalue weighted by Gasteiger charge is 2.49. The maximum atomic E-state index is 14.0. The van der Waals surface area contributed by atoms with Crippen LogP contribution in [0.3, 0.4) is 0 Å². The highest BCUT2D eigenvalue weighted by molar-refractivity contribution is 5.81. The van der Waals surface area contributed by atoms with Gasteiger partial charge in [0.2, 0.25) is 23.6 Å². The third-order valence-corrected chi connectivity index (χ3v) is 18.9. The lowest BCUT2D eigenvalue weighted by atomic mass is 9.97. The fraction of sp³-hybridized carbons (Fsp3) is 0.806. The Hall–Kier alpha value is -6.93. The van der Waals surface area contributed by atoms with E-state index in [0.717, 1.165) is 0 Å². The number of carbonyl (C=O) groups excluding carboxylic acids is 5. The molecule has 8 heterocycles. The third-order valence-electron chi connectivity index (χ3n) is 18.9. The Balaban J connectivity index is 0.895. The van der Waals surface area contributed by atoms with Crippen molar-refractivity contribution < 1.29 is 142 Å². The van der Waals surface area contributed by atoms with Crippen molar-refractivity contribution in [3.63, 3.8) is 0 Å². The zero-order valence-electron chi connectivity index (χ0n) is 64.3. The summed E-state index contributed by atoms with van der Waals surface area (Å²) in [5.41, 5.74) is 2.21. The summed E-state index contributed by atoms with van der Waals surface area (Å²) in [6.45, 7) is 7.03. The molecule has 0 aromatic carbocycles. The van der Waals surface area contributed by atoms with Crippen LogP contribution in [0, 0.1) is 0 Å². The number of aliphatic hydroxyl groups excluding tert-OH is 12. The van der Waals surface area contributed by atoms with Crippen LogP contribution in [0.1, 0.15) is 76.7 Å². The van der Waals surface area contributed by atoms with Crippen LogP contribution in [0.4, 0.5) is 0 Å². The first-order valence-corrected chi connectivity index (χ1v) is 37.7. The molecule has 47 nitrogen and oxygen atoms in total. The summed E-state index contributed by atoms with van der Waals surface area (Å²) in [6, 6.07) is -5.17. The second-order valence-corrected chi connectivity index (χ2v) is 27.8. The smallest absolute Gasteiger partial charge is 0.217 e. The van der Waals surface area contributed by atoms with Crippen molar-refractivity contribution in [2.75, 3.05) is 112 Å². The van der Waals surface area contributed by atoms with E-state index < -0.39 is 179 Å². The van der Waals surface area contributed by atoms with Gasteiger partial charge in [0.15, 0.2) is 25.2 Å². The number of carbonyl (C=O) groups is 5. The van der Waals surface area contributed by atoms with Gasteiger partial charge in [-0.25, -0.2) is 18.7 Å². The van der Waals surface area contributed by atoms with Crippen molar-refractivity contribution in [2.24, 2.45) is 0 Å². The molecule has 4 saturated heterocycles. The minimum absolute atomic E-state index is 0.0387. The number of unbranched alkanes of at least 4 members (excludes halogenated alkanes) is 1. The molecule has 114 heavy (non-hydrogen) atoms. The molecule has 47 heteroatoms. The van der Waals surface area contributed by atoms with Crippen LogP contribution in [0.15, 0.2) is 24.8 Å². The van der Waals surface area contributed by atoms with Gasteiger partial charge in [-0.2, -0.15) is 0 Å². The molecule has 21 atom stereocenters. The van der Waals surface area contributed by atoms with Gasteiger partial charge in [0, 0.05) is 78.7 Å². The highest BCUT2D eigenvalue weighted by Crippen LogP contribution is 2.27. The first-order valence-electron chi connectivity index (χ1n) is 37.7. The minimum atomic E-state index is -1.49. The largest absolute Gasteiger partial charge is 0.394 e. The van der Waals surface area contributed by atoms with E-state index in [1.54, 1.807) is 43.5 Å². The number of ether oxygens (including phenoxy) is 12. The summed E-state index contributed by atoms with van der Waals surface area (Å²) in [5, 5.41) is 168. The fourth-order valence-corrected chi connectivity index (χ4v) is 13.1. The van der Waals surface area contributed by atoms with Gasteiger partial charge in [-0.1, -0.05) is 27.3 Å². The van der Waals surface area contributed by atoms with Crippen molar-refractivity contribution >= 4 is 29.4 Å². The maximum Gasteiger partial charge on any atom is 0.217 e. The molecular weight excluding hydrogens is 1520 g/mol. The maximum absolute atomic E-state index is 14.0. The monoisotopic (exact) mass is 1630 g/mol. The summed E-state index contributed by atoms with van der Waals surface area (Å²) in [5.74, 6) is -2.14. The number of aromatic nitrogens is 12. The number of nitrogens with one attached hydrogen (secondary N) is 4. The van der Waals surface area contributed by atoms with Crippen LogP contribution in [0.25, 0.3) is 0 Å². The zero-order valence-corrected chi connectivity index (χ0v) is 64.3. The molecule has 4 aromatic rings. The van der Waals surface area contributed by atoms with Crippen molar-refractivity contribution in [3.8, 4) is 0 Å². The first-order chi connectivity index (χ1) is 54.8. The number of hydrogen-bond acceptors (Lipinski definition) is 39. The lowest BCUT2D eigenvalue weighted by Gasteiger charge is -2.42. The molecule has 0 saturated carbocycles. The second-order valence-electron chi connectivity index (χ2n) is 27.8. The summed E-state index contributed by atoms with van der Waals surface area (Å²) in [4.78, 5) is 65.6. The molecule has 4 fully saturated rings. The average Bonchev–Trinajstić information content (AvgIpc) is 1.16. The Morgan fingerprint density at radius 1 is 0.386 bits per heavy atom. The molecule has 644 valence electrons. The Morgan fingerprint density at radius 2 is 0.649 bits per heavy atom. The fourth-order valence-electron chi connectivity index (χ4n) is 13.1. The van der Waals surface area contributed by atoms with E-state index in [1.807, 2.05) is 4.90 Å². The summed E-state index contributed by atoms with van der Waals surface area (Å²) in [7, 11) is 0. The lowest BCUT2D eigenvalue weighted by Crippen LogP contribution is -2.64. The predicted octanol–water partition coefficient (Wildman–Crippen LogP) is -10.2. The van der Waals surface area contributed by atoms with E-state index in [1.165, 1.54) is 34.6 Å². The van der Waals surface area contributed by atoms with E-state index in [4.69, 9.17) is 56.8 Å². The molecule has 0 radical (unpaired) electrons. The molecule has 16 N–H and O–H groups in total. The van der Waals surface area contributed by atoms with Gasteiger partial charge < -0.3 is 139 Å². The molecular formula is C67H112N18O29. The Kier molecular flexibility index (Phi) is 38.5. The highest BCUT2D eigenvalue weighted by atomic mass is 16.7. The van der Waals surface area contributed by atoms with Crippen LogP contribution in [0.2, 0.25) is 0 Å². The molecule has 8 rings (SSSR count). The molecule has 4 aliphatic heterocycles. The van der Waals surface area contributed by atoms with E-state index in [9.17, 15) is 85.3 Å². The quantitative estimate of drug-likeness (QED) is 0.0183. The van der Waals surface area contributed by atoms with Gasteiger partial charge >= 0.3 is 0 Å². The minimum Gasteiger partial charge on any atom is -0.394 e. The summed E-state index contributed by atoms with van der Waals surface area (Å²) >= 11 is 0. The first kappa shape index (κ1) is 92.6. The van der Waals surface area contributed by atoms with Gasteiger partial charge in [0.1, 0.15) is 103 Å². The van der Waals surface area contributed by atoms with Gasteiger partial charge in [0.05, 0.1) is 161 Å². The Labute approximate surface area is 655 Å². The molecule has 4 aliphatic rings. The van der Waals surface area contributed by atoms with E-state index in [-0.39, 0.29) is 124 Å². The topological polar surface area (TPSA) is 616 Å². The normalized spacial score (nSPS) is 28.2. The third kappa shape index (κ3) is 28.4. The van der Waals surface area contributed by atoms with Crippen molar-refractivity contribution in [3.05, 3.63) is 47.6 Å². The summed E-state index contributed by atoms with van der Waals surface area (Å²) < 4.78 is 75.2. The van der Waals surface area contributed by atoms with Crippen molar-refractivity contribution in [1.82, 2.24) is 91.0 Å². The van der Waals surface area contributed by atoms with Crippen LogP contribution in [-0.2, 0) is 133 Å². The van der Waals surface area contributed by atoms with Gasteiger partial charge in [-0.3, -0.25) is 33.8 Å². The molecule has 4 amide bonds.